The minimum atomic E-state index is -0.170. The zero-order valence-electron chi connectivity index (χ0n) is 21.8. The van der Waals surface area contributed by atoms with Crippen molar-refractivity contribution in [2.75, 3.05) is 11.9 Å². The van der Waals surface area contributed by atoms with Gasteiger partial charge in [-0.3, -0.25) is 4.79 Å². The average Bonchev–Trinajstić information content (AvgIpc) is 3.62. The summed E-state index contributed by atoms with van der Waals surface area (Å²) < 4.78 is 9.39. The number of anilines is 1. The van der Waals surface area contributed by atoms with Crippen LogP contribution in [0, 0.1) is 13.8 Å². The van der Waals surface area contributed by atoms with Crippen LogP contribution >= 0.6 is 11.3 Å². The third-order valence-electron chi connectivity index (χ3n) is 6.72. The second-order valence-electron chi connectivity index (χ2n) is 9.30. The summed E-state index contributed by atoms with van der Waals surface area (Å²) in [5, 5.41) is 9.98. The number of fused-ring (bicyclic) bond motifs is 1. The number of nitrogens with zero attached hydrogens (tertiary/aromatic N) is 5. The SMILES string of the molecule is CC(=Nn1c(-c2ccc3c(c2)NC(=O)CO3)csc1=Nc1cccc(C)c1C)c1ccc(-n2ccnc2)cc1. The first-order valence-corrected chi connectivity index (χ1v) is 13.4. The lowest BCUT2D eigenvalue weighted by atomic mass is 10.1. The van der Waals surface area contributed by atoms with Gasteiger partial charge in [0, 0.05) is 29.0 Å². The number of benzene rings is 3. The predicted molar refractivity (Wildman–Crippen MR) is 154 cm³/mol. The molecule has 0 spiro atoms. The third kappa shape index (κ3) is 4.92. The van der Waals surface area contributed by atoms with Crippen molar-refractivity contribution in [3.05, 3.63) is 106 Å². The van der Waals surface area contributed by atoms with Gasteiger partial charge in [-0.05, 0) is 73.9 Å². The number of rotatable bonds is 5. The number of amides is 1. The van der Waals surface area contributed by atoms with Crippen LogP contribution in [0.15, 0.2) is 94.9 Å². The van der Waals surface area contributed by atoms with Gasteiger partial charge < -0.3 is 14.6 Å². The van der Waals surface area contributed by atoms with Gasteiger partial charge >= 0.3 is 0 Å². The van der Waals surface area contributed by atoms with Gasteiger partial charge in [0.05, 0.1) is 29.1 Å². The molecule has 1 amide bonds. The van der Waals surface area contributed by atoms with Crippen LogP contribution in [0.1, 0.15) is 23.6 Å². The van der Waals surface area contributed by atoms with Crippen LogP contribution in [0.4, 0.5) is 11.4 Å². The second kappa shape index (κ2) is 10.2. The molecule has 1 aliphatic rings. The molecular formula is C30H26N6O2S. The van der Waals surface area contributed by atoms with E-state index in [0.717, 1.165) is 44.3 Å². The van der Waals surface area contributed by atoms with Gasteiger partial charge in [0.1, 0.15) is 5.75 Å². The molecule has 3 aromatic carbocycles. The van der Waals surface area contributed by atoms with E-state index in [0.29, 0.717) is 11.4 Å². The summed E-state index contributed by atoms with van der Waals surface area (Å²) in [6.07, 6.45) is 5.45. The molecule has 0 bridgehead atoms. The summed E-state index contributed by atoms with van der Waals surface area (Å²) in [7, 11) is 0. The zero-order valence-corrected chi connectivity index (χ0v) is 22.6. The van der Waals surface area contributed by atoms with Crippen molar-refractivity contribution >= 4 is 34.3 Å². The van der Waals surface area contributed by atoms with Crippen LogP contribution < -0.4 is 14.9 Å². The first-order valence-electron chi connectivity index (χ1n) is 12.5. The Hall–Kier alpha value is -4.76. The molecule has 39 heavy (non-hydrogen) atoms. The summed E-state index contributed by atoms with van der Waals surface area (Å²) >= 11 is 1.52. The monoisotopic (exact) mass is 534 g/mol. The summed E-state index contributed by atoms with van der Waals surface area (Å²) in [5.74, 6) is 0.481. The lowest BCUT2D eigenvalue weighted by molar-refractivity contribution is -0.118. The summed E-state index contributed by atoms with van der Waals surface area (Å²) in [4.78, 5) is 21.8. The summed E-state index contributed by atoms with van der Waals surface area (Å²) in [5.41, 5.74) is 8.47. The third-order valence-corrected chi connectivity index (χ3v) is 7.54. The number of thiazole rings is 1. The Morgan fingerprint density at radius 3 is 2.74 bits per heavy atom. The first-order chi connectivity index (χ1) is 19.0. The lowest BCUT2D eigenvalue weighted by Crippen LogP contribution is -2.25. The highest BCUT2D eigenvalue weighted by Gasteiger charge is 2.18. The molecule has 6 rings (SSSR count). The molecule has 194 valence electrons. The minimum Gasteiger partial charge on any atom is -0.482 e. The molecule has 5 aromatic rings. The van der Waals surface area contributed by atoms with E-state index in [1.165, 1.54) is 16.9 Å². The largest absolute Gasteiger partial charge is 0.482 e. The molecule has 0 unspecified atom stereocenters. The molecule has 0 saturated carbocycles. The summed E-state index contributed by atoms with van der Waals surface area (Å²) in [6.45, 7) is 6.17. The number of hydrogen-bond donors (Lipinski definition) is 1. The lowest BCUT2D eigenvalue weighted by Gasteiger charge is -2.18. The maximum Gasteiger partial charge on any atom is 0.262 e. The molecule has 0 radical (unpaired) electrons. The zero-order chi connectivity index (χ0) is 26.9. The predicted octanol–water partition coefficient (Wildman–Crippen LogP) is 5.85. The normalized spacial score (nSPS) is 13.7. The Balaban J connectivity index is 1.47. The van der Waals surface area contributed by atoms with E-state index in [2.05, 4.69) is 30.2 Å². The van der Waals surface area contributed by atoms with Gasteiger partial charge in [-0.15, -0.1) is 11.3 Å². The fraction of sp³-hybridized carbons (Fsp3) is 0.133. The van der Waals surface area contributed by atoms with E-state index in [1.54, 1.807) is 12.5 Å². The standard InChI is InChI=1S/C30H26N6O2S/c1-19-5-4-6-25(20(19)2)33-30-36(34-21(3)22-7-10-24(11-8-22)35-14-13-31-18-35)27(17-39-30)23-9-12-28-26(15-23)32-29(37)16-38-28/h4-15,17-18H,16H2,1-3H3,(H,32,37). The Bertz CT molecular complexity index is 1780. The van der Waals surface area contributed by atoms with Crippen molar-refractivity contribution in [2.24, 2.45) is 10.1 Å². The Morgan fingerprint density at radius 2 is 1.95 bits per heavy atom. The van der Waals surface area contributed by atoms with Gasteiger partial charge in [-0.2, -0.15) is 5.10 Å². The number of carbonyl (C=O) groups excluding carboxylic acids is 1. The topological polar surface area (TPSA) is 85.8 Å². The van der Waals surface area contributed by atoms with E-state index in [1.807, 2.05) is 82.3 Å². The van der Waals surface area contributed by atoms with E-state index in [9.17, 15) is 4.79 Å². The van der Waals surface area contributed by atoms with E-state index in [4.69, 9.17) is 14.8 Å². The number of aryl methyl sites for hydroxylation is 1. The van der Waals surface area contributed by atoms with Crippen molar-refractivity contribution in [1.82, 2.24) is 14.2 Å². The van der Waals surface area contributed by atoms with Crippen LogP contribution in [-0.2, 0) is 4.79 Å². The molecule has 9 heteroatoms. The number of aromatic nitrogens is 3. The molecule has 1 N–H and O–H groups in total. The maximum absolute atomic E-state index is 11.9. The fourth-order valence-corrected chi connectivity index (χ4v) is 5.21. The van der Waals surface area contributed by atoms with Crippen molar-refractivity contribution in [2.45, 2.75) is 20.8 Å². The quantitative estimate of drug-likeness (QED) is 0.287. The molecular weight excluding hydrogens is 508 g/mol. The van der Waals surface area contributed by atoms with Gasteiger partial charge in [0.25, 0.3) is 5.91 Å². The van der Waals surface area contributed by atoms with Crippen molar-refractivity contribution in [3.63, 3.8) is 0 Å². The van der Waals surface area contributed by atoms with E-state index < -0.39 is 0 Å². The molecule has 0 atom stereocenters. The molecule has 0 fully saturated rings. The highest BCUT2D eigenvalue weighted by Crippen LogP contribution is 2.33. The van der Waals surface area contributed by atoms with Crippen LogP contribution in [0.5, 0.6) is 5.75 Å². The Morgan fingerprint density at radius 1 is 1.10 bits per heavy atom. The number of carbonyl (C=O) groups is 1. The van der Waals surface area contributed by atoms with Crippen molar-refractivity contribution < 1.29 is 9.53 Å². The van der Waals surface area contributed by atoms with E-state index in [-0.39, 0.29) is 12.5 Å². The van der Waals surface area contributed by atoms with E-state index >= 15 is 0 Å². The van der Waals surface area contributed by atoms with Crippen molar-refractivity contribution in [3.8, 4) is 22.7 Å². The summed E-state index contributed by atoms with van der Waals surface area (Å²) in [6, 6.07) is 20.1. The van der Waals surface area contributed by atoms with Crippen LogP contribution in [0.25, 0.3) is 16.9 Å². The van der Waals surface area contributed by atoms with Crippen LogP contribution in [0.2, 0.25) is 0 Å². The molecule has 0 saturated heterocycles. The first kappa shape index (κ1) is 24.6. The highest BCUT2D eigenvalue weighted by molar-refractivity contribution is 7.07. The smallest absolute Gasteiger partial charge is 0.262 e. The number of hydrogen-bond acceptors (Lipinski definition) is 6. The van der Waals surface area contributed by atoms with Gasteiger partial charge in [-0.1, -0.05) is 24.3 Å². The Kier molecular flexibility index (Phi) is 6.42. The molecule has 8 nitrogen and oxygen atoms in total. The van der Waals surface area contributed by atoms with Gasteiger partial charge in [0.2, 0.25) is 4.80 Å². The van der Waals surface area contributed by atoms with Crippen LogP contribution in [-0.4, -0.2) is 32.5 Å². The average molecular weight is 535 g/mol. The minimum absolute atomic E-state index is 0.0206. The maximum atomic E-state index is 11.9. The molecule has 2 aromatic heterocycles. The number of ether oxygens (including phenoxy) is 1. The molecule has 3 heterocycles. The molecule has 1 aliphatic heterocycles. The molecule has 0 aliphatic carbocycles. The number of imidazole rings is 1. The van der Waals surface area contributed by atoms with Gasteiger partial charge in [-0.25, -0.2) is 14.7 Å². The fourth-order valence-electron chi connectivity index (χ4n) is 4.37. The highest BCUT2D eigenvalue weighted by atomic mass is 32.1. The number of nitrogens with one attached hydrogen (secondary N) is 1. The Labute approximate surface area is 229 Å². The van der Waals surface area contributed by atoms with Gasteiger partial charge in [0.15, 0.2) is 6.61 Å². The van der Waals surface area contributed by atoms with Crippen molar-refractivity contribution in [1.29, 1.82) is 0 Å². The second-order valence-corrected chi connectivity index (χ2v) is 10.1. The van der Waals surface area contributed by atoms with Crippen LogP contribution in [0.3, 0.4) is 0 Å².